The predicted octanol–water partition coefficient (Wildman–Crippen LogP) is -2.68. The minimum absolute atomic E-state index is 0. The summed E-state index contributed by atoms with van der Waals surface area (Å²) in [5, 5.41) is 14.8. The Morgan fingerprint density at radius 3 is 1.11 bits per heavy atom. The van der Waals surface area contributed by atoms with Crippen molar-refractivity contribution in [2.24, 2.45) is 0 Å². The topological polar surface area (TPSA) is 74.6 Å². The normalized spacial score (nSPS) is 4.89. The number of carboxylic acids is 2. The molecular weight excluding hydrogens is 361 g/mol. The fourth-order valence-electron chi connectivity index (χ4n) is 0. The van der Waals surface area contributed by atoms with E-state index in [-0.39, 0.29) is 116 Å². The SMILES string of the molecule is O=C(O)C(=O)O.[BaH2].[SrH2].[Ti]. The Labute approximate surface area is 144 Å². The minimum Gasteiger partial charge on any atom is 0 e. The first-order chi connectivity index (χ1) is 2.64. The smallest absolute Gasteiger partial charge is 0 e. The van der Waals surface area contributed by atoms with E-state index in [4.69, 9.17) is 19.8 Å². The van der Waals surface area contributed by atoms with Gasteiger partial charge in [0.05, 0.1) is 0 Å². The van der Waals surface area contributed by atoms with Crippen molar-refractivity contribution < 1.29 is 41.5 Å². The van der Waals surface area contributed by atoms with Crippen LogP contribution in [-0.2, 0) is 31.3 Å². The number of rotatable bonds is 0. The summed E-state index contributed by atoms with van der Waals surface area (Å²) >= 11 is 0. The Kier molecular flexibility index (Phi) is 33.4. The fraction of sp³-hybridized carbons (Fsp3) is 0. The van der Waals surface area contributed by atoms with Crippen molar-refractivity contribution in [1.29, 1.82) is 0 Å². The molecule has 4 nitrogen and oxygen atoms in total. The third-order valence-electron chi connectivity index (χ3n) is 0.183. The van der Waals surface area contributed by atoms with Gasteiger partial charge >= 0.3 is 106 Å². The molecule has 0 heterocycles. The Balaban J connectivity index is -0.0000000417. The van der Waals surface area contributed by atoms with Crippen molar-refractivity contribution in [1.82, 2.24) is 0 Å². The summed E-state index contributed by atoms with van der Waals surface area (Å²) in [4.78, 5) is 18.2. The molecule has 46 valence electrons. The molecule has 9 heavy (non-hydrogen) atoms. The van der Waals surface area contributed by atoms with Crippen molar-refractivity contribution in [3.63, 3.8) is 0 Å². The molecule has 7 heteroatoms. The van der Waals surface area contributed by atoms with Crippen LogP contribution < -0.4 is 0 Å². The predicted molar refractivity (Wildman–Crippen MR) is 32.4 cm³/mol. The van der Waals surface area contributed by atoms with Gasteiger partial charge in [-0.05, 0) is 0 Å². The largest absolute Gasteiger partial charge is 0 e. The van der Waals surface area contributed by atoms with Gasteiger partial charge in [-0.1, -0.05) is 0 Å². The Hall–Kier alpha value is 2.71. The maximum atomic E-state index is 9.10. The number of carbonyl (C=O) groups is 2. The van der Waals surface area contributed by atoms with Gasteiger partial charge in [0.15, 0.2) is 0 Å². The first-order valence-electron chi connectivity index (χ1n) is 1.11. The van der Waals surface area contributed by atoms with E-state index in [0.717, 1.165) is 0 Å². The van der Waals surface area contributed by atoms with Crippen LogP contribution in [0.1, 0.15) is 0 Å². The summed E-state index contributed by atoms with van der Waals surface area (Å²) in [6, 6.07) is 0. The van der Waals surface area contributed by atoms with E-state index < -0.39 is 11.9 Å². The van der Waals surface area contributed by atoms with E-state index in [9.17, 15) is 0 Å². The van der Waals surface area contributed by atoms with E-state index in [1.165, 1.54) is 0 Å². The molecule has 0 unspecified atom stereocenters. The van der Waals surface area contributed by atoms with Crippen molar-refractivity contribution in [3.8, 4) is 0 Å². The van der Waals surface area contributed by atoms with Gasteiger partial charge in [-0.3, -0.25) is 0 Å². The molecule has 0 aromatic rings. The van der Waals surface area contributed by atoms with Crippen LogP contribution in [0.15, 0.2) is 0 Å². The minimum atomic E-state index is -1.82. The fourth-order valence-corrected chi connectivity index (χ4v) is 0. The standard InChI is InChI=1S/C2H2O4.Ba.Sr.Ti.4H/c3-1(4)2(5)6;;;;;;;/h(H,3,4)(H,5,6);;;;;;;. The molecule has 0 saturated carbocycles. The van der Waals surface area contributed by atoms with E-state index in [1.807, 2.05) is 0 Å². The number of carboxylic acid groups (broad SMARTS) is 2. The Bertz CT molecular complexity index is 84.6. The van der Waals surface area contributed by atoms with E-state index in [0.29, 0.717) is 0 Å². The monoisotopic (exact) mass is 368 g/mol. The number of hydrogen-bond donors (Lipinski definition) is 2. The van der Waals surface area contributed by atoms with Crippen LogP contribution in [0.5, 0.6) is 0 Å². The molecule has 0 aromatic carbocycles. The molecule has 0 atom stereocenters. The van der Waals surface area contributed by atoms with Crippen LogP contribution in [0.25, 0.3) is 0 Å². The molecule has 0 aromatic heterocycles. The summed E-state index contributed by atoms with van der Waals surface area (Å²) in [6.07, 6.45) is 0. The zero-order valence-electron chi connectivity index (χ0n) is 3.21. The van der Waals surface area contributed by atoms with Crippen molar-refractivity contribution in [2.75, 3.05) is 0 Å². The summed E-state index contributed by atoms with van der Waals surface area (Å²) in [6.45, 7) is 0. The maximum absolute atomic E-state index is 9.10. The first kappa shape index (κ1) is 22.6. The molecule has 0 radical (unpaired) electrons. The van der Waals surface area contributed by atoms with Gasteiger partial charge in [0.1, 0.15) is 0 Å². The third kappa shape index (κ3) is 18.0. The van der Waals surface area contributed by atoms with Crippen LogP contribution in [0.2, 0.25) is 0 Å². The molecule has 2 N–H and O–H groups in total. The van der Waals surface area contributed by atoms with Gasteiger partial charge in [-0.25, -0.2) is 9.59 Å². The molecule has 0 spiro atoms. The van der Waals surface area contributed by atoms with Crippen molar-refractivity contribution in [3.05, 3.63) is 0 Å². The summed E-state index contributed by atoms with van der Waals surface area (Å²) in [5.74, 6) is -3.65. The third-order valence-corrected chi connectivity index (χ3v) is 0.183. The Morgan fingerprint density at radius 1 is 1.00 bits per heavy atom. The number of hydrogen-bond acceptors (Lipinski definition) is 2. The zero-order chi connectivity index (χ0) is 5.15. The van der Waals surface area contributed by atoms with E-state index in [2.05, 4.69) is 0 Å². The van der Waals surface area contributed by atoms with Crippen LogP contribution in [0.4, 0.5) is 0 Å². The van der Waals surface area contributed by atoms with Gasteiger partial charge < -0.3 is 10.2 Å². The average molecular weight is 367 g/mol. The molecule has 0 aliphatic rings. The zero-order valence-corrected chi connectivity index (χ0v) is 4.77. The molecule has 0 saturated heterocycles. The van der Waals surface area contributed by atoms with E-state index >= 15 is 0 Å². The molecule has 0 amide bonds. The van der Waals surface area contributed by atoms with Crippen LogP contribution in [0.3, 0.4) is 0 Å². The summed E-state index contributed by atoms with van der Waals surface area (Å²) in [5.41, 5.74) is 0. The number of aliphatic carboxylic acids is 2. The second kappa shape index (κ2) is 13.3. The van der Waals surface area contributed by atoms with Gasteiger partial charge in [-0.2, -0.15) is 0 Å². The second-order valence-corrected chi connectivity index (χ2v) is 0.610. The van der Waals surface area contributed by atoms with Gasteiger partial charge in [-0.15, -0.1) is 0 Å². The van der Waals surface area contributed by atoms with E-state index in [1.54, 1.807) is 0 Å². The van der Waals surface area contributed by atoms with Crippen LogP contribution >= 0.6 is 0 Å². The molecule has 0 rings (SSSR count). The van der Waals surface area contributed by atoms with Crippen LogP contribution in [0, 0.1) is 0 Å². The Morgan fingerprint density at radius 2 is 1.11 bits per heavy atom. The van der Waals surface area contributed by atoms with Crippen LogP contribution in [-0.4, -0.2) is 117 Å². The van der Waals surface area contributed by atoms with Gasteiger partial charge in [0.25, 0.3) is 0 Å². The quantitative estimate of drug-likeness (QED) is 0.362. The van der Waals surface area contributed by atoms with Gasteiger partial charge in [0, 0.05) is 21.7 Å². The van der Waals surface area contributed by atoms with Crippen molar-refractivity contribution >= 4 is 106 Å². The molecule has 0 aliphatic carbocycles. The molecule has 0 fully saturated rings. The first-order valence-corrected chi connectivity index (χ1v) is 1.11. The maximum Gasteiger partial charge on any atom is 0 e. The molecule has 0 bridgehead atoms. The molecular formula is C2H6BaO4SrTi. The summed E-state index contributed by atoms with van der Waals surface area (Å²) in [7, 11) is 0. The molecule has 0 aliphatic heterocycles. The van der Waals surface area contributed by atoms with Gasteiger partial charge in [0.2, 0.25) is 0 Å². The van der Waals surface area contributed by atoms with Crippen molar-refractivity contribution in [2.45, 2.75) is 0 Å². The average Bonchev–Trinajstić information content (AvgIpc) is 1.36. The second-order valence-electron chi connectivity index (χ2n) is 0.610. The summed E-state index contributed by atoms with van der Waals surface area (Å²) < 4.78 is 0.